The van der Waals surface area contributed by atoms with Crippen molar-refractivity contribution < 1.29 is 46.6 Å². The number of halogens is 3. The highest BCUT2D eigenvalue weighted by atomic mass is 32.1. The Bertz CT molecular complexity index is 2680. The molecule has 4 amide bonds. The number of aromatic nitrogens is 2. The Morgan fingerprint density at radius 1 is 0.933 bits per heavy atom. The number of anilines is 1. The van der Waals surface area contributed by atoms with E-state index in [0.717, 1.165) is 52.4 Å². The average Bonchev–Trinajstić information content (AvgIpc) is 4.00. The Balaban J connectivity index is 0.946. The zero-order chi connectivity index (χ0) is 55.4. The maximum atomic E-state index is 14.5. The normalized spacial score (nSPS) is 19.4. The van der Waals surface area contributed by atoms with E-state index in [0.29, 0.717) is 32.5 Å². The number of benzene rings is 2. The number of pyridine rings is 1. The van der Waals surface area contributed by atoms with Gasteiger partial charge in [0.05, 0.1) is 51.3 Å². The fourth-order valence-corrected chi connectivity index (χ4v) is 12.3. The van der Waals surface area contributed by atoms with Crippen LogP contribution in [0.5, 0.6) is 5.75 Å². The van der Waals surface area contributed by atoms with Crippen molar-refractivity contribution in [2.45, 2.75) is 124 Å². The van der Waals surface area contributed by atoms with Crippen molar-refractivity contribution in [1.82, 2.24) is 29.6 Å². The van der Waals surface area contributed by atoms with Gasteiger partial charge in [0.25, 0.3) is 5.91 Å². The Morgan fingerprint density at radius 2 is 1.61 bits per heavy atom. The fourth-order valence-electron chi connectivity index (χ4n) is 11.4. The lowest BCUT2D eigenvalue weighted by molar-refractivity contribution is -0.195. The van der Waals surface area contributed by atoms with Crippen LogP contribution in [-0.4, -0.2) is 145 Å². The molecule has 3 atom stereocenters. The second-order valence-corrected chi connectivity index (χ2v) is 23.1. The molecule has 2 aromatic carbocycles. The second-order valence-electron chi connectivity index (χ2n) is 22.2. The second kappa shape index (κ2) is 23.4. The summed E-state index contributed by atoms with van der Waals surface area (Å²) in [4.78, 5) is 74.3. The zero-order valence-corrected chi connectivity index (χ0v) is 46.4. The molecule has 0 bridgehead atoms. The summed E-state index contributed by atoms with van der Waals surface area (Å²) >= 11 is 1.58. The molecule has 6 rings (SSSR count). The largest absolute Gasteiger partial charge is 0.489 e. The van der Waals surface area contributed by atoms with E-state index in [9.17, 15) is 37.6 Å². The van der Waals surface area contributed by atoms with Crippen LogP contribution in [0.3, 0.4) is 0 Å². The first-order valence-corrected chi connectivity index (χ1v) is 26.1. The van der Waals surface area contributed by atoms with Gasteiger partial charge in [-0.15, -0.1) is 11.3 Å². The summed E-state index contributed by atoms with van der Waals surface area (Å²) in [7, 11) is 8.56. The standard InChI is InChI=1S/C56H73F3N8O7S/c1-35-46(75-34-62-35)37-19-17-36(18-20-37)31-64(10)49(70)44-28-41(72-13)32-67(44)50(71)47(53(2,3)4)65(11)45(68)33-73-26-16-14-15-25-63(9)39-22-24-43(61-30-39)48(69)66(12)51-54(5,6)52(55(51,7)8)74-40-23-21-38(29-60)42(27-40)56(57,58)59/h17-24,27,30,34,41,44,47,51-52H,14-16,25-26,28,31-33H2,1-13H3/t41-,44+,47-,51?,52?/m1/s1. The quantitative estimate of drug-likeness (QED) is 0.0777. The minimum absolute atomic E-state index is 0.00246. The van der Waals surface area contributed by atoms with Gasteiger partial charge in [-0.05, 0) is 73.1 Å². The maximum absolute atomic E-state index is 14.5. The van der Waals surface area contributed by atoms with Gasteiger partial charge < -0.3 is 38.7 Å². The van der Waals surface area contributed by atoms with Gasteiger partial charge in [-0.1, -0.05) is 72.7 Å². The first kappa shape index (κ1) is 58.2. The summed E-state index contributed by atoms with van der Waals surface area (Å²) in [6.45, 7) is 16.8. The predicted molar refractivity (Wildman–Crippen MR) is 282 cm³/mol. The number of ether oxygens (including phenoxy) is 3. The number of alkyl halides is 3. The minimum Gasteiger partial charge on any atom is -0.489 e. The number of aryl methyl sites for hydroxylation is 1. The van der Waals surface area contributed by atoms with Crippen LogP contribution >= 0.6 is 11.3 Å². The van der Waals surface area contributed by atoms with Gasteiger partial charge in [-0.3, -0.25) is 19.2 Å². The third-order valence-corrected chi connectivity index (χ3v) is 15.8. The average molecular weight is 1060 g/mol. The van der Waals surface area contributed by atoms with Gasteiger partial charge in [-0.2, -0.15) is 18.4 Å². The smallest absolute Gasteiger partial charge is 0.417 e. The fraction of sp³-hybridized carbons (Fsp3) is 0.554. The highest BCUT2D eigenvalue weighted by Gasteiger charge is 2.66. The summed E-state index contributed by atoms with van der Waals surface area (Å²) in [6.07, 6.45) is -1.27. The minimum atomic E-state index is -4.72. The van der Waals surface area contributed by atoms with Crippen molar-refractivity contribution in [3.8, 4) is 22.3 Å². The molecule has 1 aliphatic carbocycles. The van der Waals surface area contributed by atoms with Crippen molar-refractivity contribution in [2.24, 2.45) is 16.2 Å². The van der Waals surface area contributed by atoms with Crippen LogP contribution in [-0.2, 0) is 36.6 Å². The highest BCUT2D eigenvalue weighted by molar-refractivity contribution is 7.13. The predicted octanol–water partition coefficient (Wildman–Crippen LogP) is 9.13. The Kier molecular flexibility index (Phi) is 18.2. The van der Waals surface area contributed by atoms with E-state index in [-0.39, 0.29) is 60.4 Å². The molecule has 1 aliphatic heterocycles. The molecular weight excluding hydrogens is 986 g/mol. The van der Waals surface area contributed by atoms with Gasteiger partial charge in [-0.25, -0.2) is 9.97 Å². The van der Waals surface area contributed by atoms with Crippen molar-refractivity contribution in [3.05, 3.63) is 94.4 Å². The first-order chi connectivity index (χ1) is 35.1. The van der Waals surface area contributed by atoms with Crippen molar-refractivity contribution in [1.29, 1.82) is 5.26 Å². The van der Waals surface area contributed by atoms with Crippen molar-refractivity contribution >= 4 is 40.7 Å². The number of nitriles is 1. The summed E-state index contributed by atoms with van der Waals surface area (Å²) in [6, 6.07) is 14.5. The number of nitrogens with zero attached hydrogens (tertiary/aromatic N) is 8. The van der Waals surface area contributed by atoms with Crippen LogP contribution in [0, 0.1) is 34.5 Å². The summed E-state index contributed by atoms with van der Waals surface area (Å²) in [5, 5.41) is 9.21. The number of carbonyl (C=O) groups is 4. The van der Waals surface area contributed by atoms with E-state index in [1.165, 1.54) is 11.0 Å². The van der Waals surface area contributed by atoms with E-state index in [1.54, 1.807) is 72.6 Å². The van der Waals surface area contributed by atoms with Gasteiger partial charge in [0, 0.05) is 84.8 Å². The number of hydrogen-bond donors (Lipinski definition) is 0. The van der Waals surface area contributed by atoms with Crippen LogP contribution in [0.2, 0.25) is 0 Å². The lowest BCUT2D eigenvalue weighted by atomic mass is 9.49. The Hall–Kier alpha value is -6.10. The molecule has 1 saturated carbocycles. The van der Waals surface area contributed by atoms with E-state index >= 15 is 0 Å². The zero-order valence-electron chi connectivity index (χ0n) is 45.6. The van der Waals surface area contributed by atoms with E-state index in [1.807, 2.05) is 103 Å². The lowest BCUT2D eigenvalue weighted by Gasteiger charge is -2.65. The van der Waals surface area contributed by atoms with E-state index < -0.39 is 51.7 Å². The molecule has 2 aliphatic rings. The first-order valence-electron chi connectivity index (χ1n) is 25.3. The van der Waals surface area contributed by atoms with Crippen LogP contribution < -0.4 is 9.64 Å². The molecule has 15 nitrogen and oxygen atoms in total. The summed E-state index contributed by atoms with van der Waals surface area (Å²) in [5.74, 6) is -1.16. The van der Waals surface area contributed by atoms with Crippen LogP contribution in [0.4, 0.5) is 18.9 Å². The molecule has 0 spiro atoms. The van der Waals surface area contributed by atoms with Gasteiger partial charge in [0.15, 0.2) is 0 Å². The molecule has 1 saturated heterocycles. The number of likely N-dealkylation sites (N-methyl/N-ethyl adjacent to an activating group) is 2. The molecule has 406 valence electrons. The number of carbonyl (C=O) groups excluding carboxylic acids is 4. The highest BCUT2D eigenvalue weighted by Crippen LogP contribution is 2.58. The number of likely N-dealkylation sites (tertiary alicyclic amines) is 1. The number of unbranched alkanes of at least 4 members (excludes halogenated alkanes) is 2. The topological polar surface area (TPSA) is 162 Å². The number of thiazole rings is 1. The number of methoxy groups -OCH3 is 1. The van der Waals surface area contributed by atoms with Gasteiger partial charge >= 0.3 is 6.18 Å². The molecule has 0 N–H and O–H groups in total. The van der Waals surface area contributed by atoms with Gasteiger partial charge in [0.2, 0.25) is 17.7 Å². The molecule has 19 heteroatoms. The number of rotatable bonds is 20. The van der Waals surface area contributed by atoms with Crippen molar-refractivity contribution in [3.63, 3.8) is 0 Å². The monoisotopic (exact) mass is 1060 g/mol. The number of amides is 4. The molecule has 2 aromatic heterocycles. The Morgan fingerprint density at radius 3 is 2.19 bits per heavy atom. The van der Waals surface area contributed by atoms with Gasteiger partial charge in [0.1, 0.15) is 36.2 Å². The number of hydrogen-bond acceptors (Lipinski definition) is 12. The van der Waals surface area contributed by atoms with Crippen molar-refractivity contribution in [2.75, 3.05) is 66.5 Å². The van der Waals surface area contributed by atoms with Crippen LogP contribution in [0.25, 0.3) is 10.4 Å². The Labute approximate surface area is 443 Å². The molecule has 4 aromatic rings. The summed E-state index contributed by atoms with van der Waals surface area (Å²) < 4.78 is 58.8. The third-order valence-electron chi connectivity index (χ3n) is 14.8. The van der Waals surface area contributed by atoms with Crippen LogP contribution in [0.15, 0.2) is 66.3 Å². The molecule has 3 heterocycles. The molecule has 0 radical (unpaired) electrons. The molecule has 0 unspecified atom stereocenters. The molecule has 2 fully saturated rings. The van der Waals surface area contributed by atoms with E-state index in [4.69, 9.17) is 14.2 Å². The van der Waals surface area contributed by atoms with E-state index in [2.05, 4.69) is 9.97 Å². The lowest BCUT2D eigenvalue weighted by Crippen LogP contribution is -2.74. The SMILES string of the molecule is CO[C@@H]1C[C@@H](C(=O)N(C)Cc2ccc(-c3scnc3C)cc2)N(C(=O)[C@@H](N(C)C(=O)COCCCCCN(C)c2ccc(C(=O)N(C)C3C(C)(C)C(Oc4ccc(C#N)c(C(F)(F)F)c4)C3(C)C)nc2)C(C)(C)C)C1. The third kappa shape index (κ3) is 12.9. The maximum Gasteiger partial charge on any atom is 0.417 e. The summed E-state index contributed by atoms with van der Waals surface area (Å²) in [5.41, 5.74) is 2.36. The van der Waals surface area contributed by atoms with Crippen LogP contribution in [0.1, 0.15) is 107 Å². The molecular formula is C56H73F3N8O7S. The molecule has 75 heavy (non-hydrogen) atoms.